The lowest BCUT2D eigenvalue weighted by Gasteiger charge is -2.20. The SMILES string of the molecule is C=CCCC(NC(=O)OCC1c2ccccc2-c2ccccc21)C(=O)NC(C)C(=O)O. The fourth-order valence-corrected chi connectivity index (χ4v) is 3.71. The molecule has 3 rings (SSSR count). The number of aliphatic carboxylic acids is 1. The molecule has 0 radical (unpaired) electrons. The number of rotatable bonds is 9. The van der Waals surface area contributed by atoms with Crippen LogP contribution in [0.3, 0.4) is 0 Å². The Bertz CT molecular complexity index is 942. The van der Waals surface area contributed by atoms with Crippen LogP contribution in [-0.4, -0.2) is 41.8 Å². The standard InChI is InChI=1S/C24H26N2O5/c1-3-4-13-21(22(27)25-15(2)23(28)29)26-24(30)31-14-20-18-11-7-5-9-16(18)17-10-6-8-12-19(17)20/h3,5-12,15,20-21H,1,4,13-14H2,2H3,(H,25,27)(H,26,30)(H,28,29). The van der Waals surface area contributed by atoms with Gasteiger partial charge in [-0.2, -0.15) is 0 Å². The van der Waals surface area contributed by atoms with Crippen LogP contribution in [0, 0.1) is 0 Å². The summed E-state index contributed by atoms with van der Waals surface area (Å²) < 4.78 is 5.48. The molecule has 0 bridgehead atoms. The Morgan fingerprint density at radius 3 is 2.19 bits per heavy atom. The molecule has 0 saturated carbocycles. The van der Waals surface area contributed by atoms with Gasteiger partial charge in [-0.05, 0) is 42.0 Å². The molecule has 0 heterocycles. The molecule has 162 valence electrons. The van der Waals surface area contributed by atoms with Gasteiger partial charge in [0.2, 0.25) is 5.91 Å². The quantitative estimate of drug-likeness (QED) is 0.537. The monoisotopic (exact) mass is 422 g/mol. The van der Waals surface area contributed by atoms with Crippen molar-refractivity contribution in [2.75, 3.05) is 6.61 Å². The molecule has 2 atom stereocenters. The predicted molar refractivity (Wildman–Crippen MR) is 117 cm³/mol. The van der Waals surface area contributed by atoms with Crippen LogP contribution in [0.25, 0.3) is 11.1 Å². The number of nitrogens with one attached hydrogen (secondary N) is 2. The molecule has 0 saturated heterocycles. The second-order valence-electron chi connectivity index (χ2n) is 7.46. The van der Waals surface area contributed by atoms with E-state index < -0.39 is 30.1 Å². The van der Waals surface area contributed by atoms with E-state index in [2.05, 4.69) is 17.2 Å². The van der Waals surface area contributed by atoms with Gasteiger partial charge in [-0.3, -0.25) is 9.59 Å². The van der Waals surface area contributed by atoms with Crippen molar-refractivity contribution in [3.8, 4) is 11.1 Å². The zero-order valence-corrected chi connectivity index (χ0v) is 17.3. The Morgan fingerprint density at radius 2 is 1.65 bits per heavy atom. The van der Waals surface area contributed by atoms with Crippen molar-refractivity contribution >= 4 is 18.0 Å². The van der Waals surface area contributed by atoms with Crippen LogP contribution in [-0.2, 0) is 14.3 Å². The van der Waals surface area contributed by atoms with Crippen molar-refractivity contribution in [1.29, 1.82) is 0 Å². The highest BCUT2D eigenvalue weighted by atomic mass is 16.5. The average molecular weight is 422 g/mol. The first-order valence-electron chi connectivity index (χ1n) is 10.2. The summed E-state index contributed by atoms with van der Waals surface area (Å²) >= 11 is 0. The van der Waals surface area contributed by atoms with E-state index in [0.29, 0.717) is 6.42 Å². The first kappa shape index (κ1) is 22.1. The Morgan fingerprint density at radius 1 is 1.06 bits per heavy atom. The van der Waals surface area contributed by atoms with Crippen LogP contribution in [0.2, 0.25) is 0 Å². The predicted octanol–water partition coefficient (Wildman–Crippen LogP) is 3.45. The summed E-state index contributed by atoms with van der Waals surface area (Å²) in [5, 5.41) is 13.9. The lowest BCUT2D eigenvalue weighted by molar-refractivity contribution is -0.141. The van der Waals surface area contributed by atoms with Crippen molar-refractivity contribution in [3.63, 3.8) is 0 Å². The zero-order chi connectivity index (χ0) is 22.4. The Labute approximate surface area is 181 Å². The van der Waals surface area contributed by atoms with Crippen molar-refractivity contribution in [1.82, 2.24) is 10.6 Å². The molecule has 0 aliphatic heterocycles. The lowest BCUT2D eigenvalue weighted by atomic mass is 9.98. The number of fused-ring (bicyclic) bond motifs is 3. The van der Waals surface area contributed by atoms with Gasteiger partial charge in [0.1, 0.15) is 18.7 Å². The van der Waals surface area contributed by atoms with Crippen molar-refractivity contribution < 1.29 is 24.2 Å². The van der Waals surface area contributed by atoms with Gasteiger partial charge in [-0.1, -0.05) is 54.6 Å². The van der Waals surface area contributed by atoms with Crippen LogP contribution in [0.1, 0.15) is 36.8 Å². The minimum absolute atomic E-state index is 0.0920. The summed E-state index contributed by atoms with van der Waals surface area (Å²) in [6.07, 6.45) is 1.66. The second kappa shape index (κ2) is 9.93. The van der Waals surface area contributed by atoms with Gasteiger partial charge in [0.15, 0.2) is 0 Å². The van der Waals surface area contributed by atoms with Gasteiger partial charge in [0, 0.05) is 5.92 Å². The topological polar surface area (TPSA) is 105 Å². The number of hydrogen-bond donors (Lipinski definition) is 3. The van der Waals surface area contributed by atoms with Crippen molar-refractivity contribution in [3.05, 3.63) is 72.3 Å². The third kappa shape index (κ3) is 5.12. The molecule has 0 fully saturated rings. The molecule has 2 unspecified atom stereocenters. The van der Waals surface area contributed by atoms with Gasteiger partial charge >= 0.3 is 12.1 Å². The van der Waals surface area contributed by atoms with E-state index in [1.807, 2.05) is 48.5 Å². The molecule has 0 spiro atoms. The Balaban J connectivity index is 1.66. The second-order valence-corrected chi connectivity index (χ2v) is 7.46. The minimum atomic E-state index is -1.16. The summed E-state index contributed by atoms with van der Waals surface area (Å²) in [7, 11) is 0. The summed E-state index contributed by atoms with van der Waals surface area (Å²) in [6.45, 7) is 5.11. The minimum Gasteiger partial charge on any atom is -0.480 e. The largest absolute Gasteiger partial charge is 0.480 e. The fourth-order valence-electron chi connectivity index (χ4n) is 3.71. The van der Waals surface area contributed by atoms with Gasteiger partial charge in [0.25, 0.3) is 0 Å². The maximum Gasteiger partial charge on any atom is 0.407 e. The van der Waals surface area contributed by atoms with E-state index in [-0.39, 0.29) is 18.9 Å². The first-order valence-corrected chi connectivity index (χ1v) is 10.2. The molecule has 31 heavy (non-hydrogen) atoms. The summed E-state index contributed by atoms with van der Waals surface area (Å²) in [5.41, 5.74) is 4.43. The maximum atomic E-state index is 12.5. The number of benzene rings is 2. The summed E-state index contributed by atoms with van der Waals surface area (Å²) in [6, 6.07) is 14.0. The number of carbonyl (C=O) groups is 3. The number of ether oxygens (including phenoxy) is 1. The van der Waals surface area contributed by atoms with Crippen LogP contribution in [0.5, 0.6) is 0 Å². The molecular formula is C24H26N2O5. The van der Waals surface area contributed by atoms with Gasteiger partial charge in [-0.25, -0.2) is 4.79 Å². The number of allylic oxidation sites excluding steroid dienone is 1. The number of carboxylic acid groups (broad SMARTS) is 1. The Kier molecular flexibility index (Phi) is 7.07. The smallest absolute Gasteiger partial charge is 0.407 e. The highest BCUT2D eigenvalue weighted by Gasteiger charge is 2.30. The third-order valence-corrected chi connectivity index (χ3v) is 5.34. The maximum absolute atomic E-state index is 12.5. The Hall–Kier alpha value is -3.61. The number of hydrogen-bond acceptors (Lipinski definition) is 4. The van der Waals surface area contributed by atoms with Crippen molar-refractivity contribution in [2.45, 2.75) is 37.8 Å². The van der Waals surface area contributed by atoms with Gasteiger partial charge in [0.05, 0.1) is 0 Å². The molecule has 1 aliphatic rings. The number of alkyl carbamates (subject to hydrolysis) is 1. The summed E-state index contributed by atoms with van der Waals surface area (Å²) in [5.74, 6) is -1.83. The van der Waals surface area contributed by atoms with E-state index in [0.717, 1.165) is 22.3 Å². The van der Waals surface area contributed by atoms with E-state index in [4.69, 9.17) is 9.84 Å². The van der Waals surface area contributed by atoms with Crippen LogP contribution < -0.4 is 10.6 Å². The van der Waals surface area contributed by atoms with E-state index >= 15 is 0 Å². The molecule has 3 N–H and O–H groups in total. The fraction of sp³-hybridized carbons (Fsp3) is 0.292. The lowest BCUT2D eigenvalue weighted by Crippen LogP contribution is -2.50. The normalized spacial score (nSPS) is 14.0. The van der Waals surface area contributed by atoms with Crippen molar-refractivity contribution in [2.24, 2.45) is 0 Å². The molecule has 2 aromatic rings. The van der Waals surface area contributed by atoms with E-state index in [9.17, 15) is 14.4 Å². The van der Waals surface area contributed by atoms with Crippen LogP contribution >= 0.6 is 0 Å². The summed E-state index contributed by atoms with van der Waals surface area (Å²) in [4.78, 5) is 35.9. The van der Waals surface area contributed by atoms with E-state index in [1.165, 1.54) is 6.92 Å². The molecular weight excluding hydrogens is 396 g/mol. The van der Waals surface area contributed by atoms with Gasteiger partial charge < -0.3 is 20.5 Å². The highest BCUT2D eigenvalue weighted by molar-refractivity contribution is 5.89. The first-order chi connectivity index (χ1) is 14.9. The highest BCUT2D eigenvalue weighted by Crippen LogP contribution is 2.44. The zero-order valence-electron chi connectivity index (χ0n) is 17.3. The van der Waals surface area contributed by atoms with Crippen LogP contribution in [0.15, 0.2) is 61.2 Å². The molecule has 1 aliphatic carbocycles. The molecule has 2 aromatic carbocycles. The number of carbonyl (C=O) groups excluding carboxylic acids is 2. The molecule has 2 amide bonds. The average Bonchev–Trinajstić information content (AvgIpc) is 3.08. The number of carboxylic acids is 1. The molecule has 7 nitrogen and oxygen atoms in total. The third-order valence-electron chi connectivity index (χ3n) is 5.34. The van der Waals surface area contributed by atoms with Gasteiger partial charge in [-0.15, -0.1) is 6.58 Å². The number of amides is 2. The molecule has 7 heteroatoms. The molecule has 0 aromatic heterocycles. The van der Waals surface area contributed by atoms with E-state index in [1.54, 1.807) is 6.08 Å². The van der Waals surface area contributed by atoms with Crippen LogP contribution in [0.4, 0.5) is 4.79 Å².